The van der Waals surface area contributed by atoms with E-state index in [-0.39, 0.29) is 11.2 Å². The Morgan fingerprint density at radius 2 is 2.00 bits per heavy atom. The third kappa shape index (κ3) is 7.11. The maximum absolute atomic E-state index is 10.8. The monoisotopic (exact) mass is 296 g/mol. The van der Waals surface area contributed by atoms with Gasteiger partial charge in [0.25, 0.3) is 0 Å². The third-order valence-electron chi connectivity index (χ3n) is 3.18. The highest BCUT2D eigenvalue weighted by Crippen LogP contribution is 2.14. The normalized spacial score (nSPS) is 11.4. The molecule has 0 aliphatic heterocycles. The molecule has 0 heterocycles. The fourth-order valence-electron chi connectivity index (χ4n) is 1.59. The second-order valence-electron chi connectivity index (χ2n) is 5.36. The van der Waals surface area contributed by atoms with Gasteiger partial charge in [0.2, 0.25) is 0 Å². The molecule has 0 spiro atoms. The van der Waals surface area contributed by atoms with Crippen LogP contribution in [-0.4, -0.2) is 43.6 Å². The second-order valence-corrected chi connectivity index (χ2v) is 5.36. The van der Waals surface area contributed by atoms with E-state index < -0.39 is 5.97 Å². The zero-order valence-corrected chi connectivity index (χ0v) is 12.9. The highest BCUT2D eigenvalue weighted by atomic mass is 16.5. The minimum absolute atomic E-state index is 0.159. The van der Waals surface area contributed by atoms with Crippen LogP contribution in [0.4, 0.5) is 0 Å². The van der Waals surface area contributed by atoms with Crippen LogP contribution in [0, 0.1) is 0 Å². The Hall–Kier alpha value is -1.59. The van der Waals surface area contributed by atoms with Crippen molar-refractivity contribution in [1.82, 2.24) is 0 Å². The van der Waals surface area contributed by atoms with E-state index in [4.69, 9.17) is 19.3 Å². The molecule has 5 heteroatoms. The van der Waals surface area contributed by atoms with Gasteiger partial charge in [0.1, 0.15) is 5.75 Å². The van der Waals surface area contributed by atoms with Gasteiger partial charge in [0, 0.05) is 26.7 Å². The number of carbonyl (C=O) groups is 1. The third-order valence-corrected chi connectivity index (χ3v) is 3.18. The van der Waals surface area contributed by atoms with Crippen LogP contribution in [0.3, 0.4) is 0 Å². The van der Waals surface area contributed by atoms with Crippen molar-refractivity contribution >= 4 is 5.97 Å². The molecular formula is C16H24O5. The van der Waals surface area contributed by atoms with E-state index in [0.717, 1.165) is 12.8 Å². The van der Waals surface area contributed by atoms with E-state index >= 15 is 0 Å². The first-order chi connectivity index (χ1) is 9.94. The molecule has 0 aliphatic carbocycles. The summed E-state index contributed by atoms with van der Waals surface area (Å²) in [5, 5.41) is 8.88. The van der Waals surface area contributed by atoms with Gasteiger partial charge in [0.05, 0.1) is 17.8 Å². The summed E-state index contributed by atoms with van der Waals surface area (Å²) in [7, 11) is 1.69. The van der Waals surface area contributed by atoms with E-state index in [2.05, 4.69) is 0 Å². The van der Waals surface area contributed by atoms with Crippen LogP contribution in [0.15, 0.2) is 24.3 Å². The molecule has 0 fully saturated rings. The Balaban J connectivity index is 2.14. The number of aromatic carboxylic acids is 1. The molecule has 0 unspecified atom stereocenters. The Morgan fingerprint density at radius 3 is 2.67 bits per heavy atom. The van der Waals surface area contributed by atoms with Crippen molar-refractivity contribution in [3.8, 4) is 5.75 Å². The number of carboxylic acid groups (broad SMARTS) is 1. The predicted octanol–water partition coefficient (Wildman–Crippen LogP) is 2.99. The Bertz CT molecular complexity index is 442. The standard InChI is InChI=1S/C16H24O5/c1-16(2,19-3)8-11-20-9-5-10-21-14-7-4-6-13(12-14)15(17)18/h4,6-7,12H,5,8-11H2,1-3H3,(H,17,18). The molecule has 0 aliphatic rings. The van der Waals surface area contributed by atoms with Gasteiger partial charge in [-0.1, -0.05) is 6.07 Å². The first-order valence-corrected chi connectivity index (χ1v) is 7.04. The van der Waals surface area contributed by atoms with Gasteiger partial charge < -0.3 is 19.3 Å². The molecule has 5 nitrogen and oxygen atoms in total. The first kappa shape index (κ1) is 17.5. The van der Waals surface area contributed by atoms with E-state index in [1.807, 2.05) is 13.8 Å². The average molecular weight is 296 g/mol. The number of rotatable bonds is 10. The molecule has 0 radical (unpaired) electrons. The van der Waals surface area contributed by atoms with Crippen LogP contribution in [0.2, 0.25) is 0 Å². The topological polar surface area (TPSA) is 65.0 Å². The maximum Gasteiger partial charge on any atom is 0.335 e. The zero-order valence-electron chi connectivity index (χ0n) is 12.9. The molecule has 0 atom stereocenters. The smallest absolute Gasteiger partial charge is 0.335 e. The quantitative estimate of drug-likeness (QED) is 0.672. The number of methoxy groups -OCH3 is 1. The van der Waals surface area contributed by atoms with Crippen LogP contribution in [0.5, 0.6) is 5.75 Å². The lowest BCUT2D eigenvalue weighted by atomic mass is 10.1. The van der Waals surface area contributed by atoms with Crippen LogP contribution in [0.25, 0.3) is 0 Å². The molecule has 0 saturated heterocycles. The van der Waals surface area contributed by atoms with Crippen molar-refractivity contribution < 1.29 is 24.1 Å². The lowest BCUT2D eigenvalue weighted by Crippen LogP contribution is -2.24. The first-order valence-electron chi connectivity index (χ1n) is 7.04. The second kappa shape index (κ2) is 8.64. The van der Waals surface area contributed by atoms with Crippen molar-refractivity contribution in [2.24, 2.45) is 0 Å². The number of ether oxygens (including phenoxy) is 3. The lowest BCUT2D eigenvalue weighted by Gasteiger charge is -2.22. The molecule has 1 aromatic carbocycles. The van der Waals surface area contributed by atoms with E-state index in [9.17, 15) is 4.79 Å². The summed E-state index contributed by atoms with van der Waals surface area (Å²) >= 11 is 0. The number of hydrogen-bond donors (Lipinski definition) is 1. The van der Waals surface area contributed by atoms with E-state index in [1.54, 1.807) is 19.2 Å². The molecule has 0 amide bonds. The van der Waals surface area contributed by atoms with Gasteiger partial charge in [-0.2, -0.15) is 0 Å². The van der Waals surface area contributed by atoms with Crippen LogP contribution < -0.4 is 4.74 Å². The summed E-state index contributed by atoms with van der Waals surface area (Å²) in [4.78, 5) is 10.8. The number of carboxylic acids is 1. The molecule has 0 saturated carbocycles. The van der Waals surface area contributed by atoms with Crippen LogP contribution in [0.1, 0.15) is 37.0 Å². The van der Waals surface area contributed by atoms with Gasteiger partial charge >= 0.3 is 5.97 Å². The number of benzene rings is 1. The highest BCUT2D eigenvalue weighted by Gasteiger charge is 2.15. The summed E-state index contributed by atoms with van der Waals surface area (Å²) in [6.45, 7) is 5.80. The Morgan fingerprint density at radius 1 is 1.24 bits per heavy atom. The molecule has 21 heavy (non-hydrogen) atoms. The molecule has 1 aromatic rings. The summed E-state index contributed by atoms with van der Waals surface area (Å²) in [5.41, 5.74) is 0.0684. The SMILES string of the molecule is COC(C)(C)CCOCCCOc1cccc(C(=O)O)c1. The van der Waals surface area contributed by atoms with Gasteiger partial charge in [-0.25, -0.2) is 4.79 Å². The zero-order chi connectivity index (χ0) is 15.7. The van der Waals surface area contributed by atoms with Gasteiger partial charge in [-0.3, -0.25) is 0 Å². The van der Waals surface area contributed by atoms with Gasteiger partial charge in [-0.15, -0.1) is 0 Å². The van der Waals surface area contributed by atoms with Crippen molar-refractivity contribution in [1.29, 1.82) is 0 Å². The largest absolute Gasteiger partial charge is 0.493 e. The summed E-state index contributed by atoms with van der Waals surface area (Å²) in [6.07, 6.45) is 1.59. The molecule has 0 bridgehead atoms. The Labute approximate surface area is 125 Å². The summed E-state index contributed by atoms with van der Waals surface area (Å²) < 4.78 is 16.3. The molecule has 0 aromatic heterocycles. The Kier molecular flexibility index (Phi) is 7.19. The van der Waals surface area contributed by atoms with Crippen LogP contribution >= 0.6 is 0 Å². The van der Waals surface area contributed by atoms with Gasteiger partial charge in [0.15, 0.2) is 0 Å². The van der Waals surface area contributed by atoms with Crippen LogP contribution in [-0.2, 0) is 9.47 Å². The lowest BCUT2D eigenvalue weighted by molar-refractivity contribution is -0.0108. The molecule has 118 valence electrons. The summed E-state index contributed by atoms with van der Waals surface area (Å²) in [6, 6.07) is 6.47. The predicted molar refractivity (Wildman–Crippen MR) is 80.0 cm³/mol. The van der Waals surface area contributed by atoms with E-state index in [1.165, 1.54) is 12.1 Å². The highest BCUT2D eigenvalue weighted by molar-refractivity contribution is 5.87. The van der Waals surface area contributed by atoms with Crippen molar-refractivity contribution in [3.63, 3.8) is 0 Å². The minimum atomic E-state index is -0.954. The van der Waals surface area contributed by atoms with Crippen molar-refractivity contribution in [3.05, 3.63) is 29.8 Å². The molecular weight excluding hydrogens is 272 g/mol. The van der Waals surface area contributed by atoms with Crippen molar-refractivity contribution in [2.45, 2.75) is 32.3 Å². The molecule has 1 N–H and O–H groups in total. The van der Waals surface area contributed by atoms with Crippen molar-refractivity contribution in [2.75, 3.05) is 26.9 Å². The maximum atomic E-state index is 10.8. The minimum Gasteiger partial charge on any atom is -0.493 e. The summed E-state index contributed by atoms with van der Waals surface area (Å²) in [5.74, 6) is -0.389. The van der Waals surface area contributed by atoms with Gasteiger partial charge in [-0.05, 0) is 38.5 Å². The fraction of sp³-hybridized carbons (Fsp3) is 0.562. The average Bonchev–Trinajstić information content (AvgIpc) is 2.46. The number of hydrogen-bond acceptors (Lipinski definition) is 4. The van der Waals surface area contributed by atoms with E-state index in [0.29, 0.717) is 25.6 Å². The fourth-order valence-corrected chi connectivity index (χ4v) is 1.59. The molecule has 1 rings (SSSR count).